The van der Waals surface area contributed by atoms with Gasteiger partial charge in [-0.15, -0.1) is 13.2 Å². The van der Waals surface area contributed by atoms with Crippen molar-refractivity contribution in [3.05, 3.63) is 53.1 Å². The Balaban J connectivity index is 1.30. The second kappa shape index (κ2) is 9.85. The number of hydrogen-bond donors (Lipinski definition) is 3. The highest BCUT2D eigenvalue weighted by Crippen LogP contribution is 2.37. The van der Waals surface area contributed by atoms with Gasteiger partial charge in [-0.05, 0) is 63.3 Å². The Morgan fingerprint density at radius 3 is 2.59 bits per heavy atom. The van der Waals surface area contributed by atoms with E-state index in [1.807, 2.05) is 6.07 Å². The fraction of sp³-hybridized carbons (Fsp3) is 0.462. The van der Waals surface area contributed by atoms with Crippen LogP contribution in [0.4, 0.5) is 23.2 Å². The molecule has 2 fully saturated rings. The number of aromatic nitrogens is 2. The second-order valence-electron chi connectivity index (χ2n) is 9.95. The van der Waals surface area contributed by atoms with Crippen LogP contribution in [0, 0.1) is 5.82 Å². The fourth-order valence-electron chi connectivity index (χ4n) is 5.61. The van der Waals surface area contributed by atoms with E-state index in [0.717, 1.165) is 42.6 Å². The summed E-state index contributed by atoms with van der Waals surface area (Å²) in [5, 5.41) is 4.23. The molecule has 7 nitrogen and oxygen atoms in total. The van der Waals surface area contributed by atoms with Gasteiger partial charge in [0.1, 0.15) is 17.2 Å². The summed E-state index contributed by atoms with van der Waals surface area (Å²) in [6, 6.07) is 5.74. The summed E-state index contributed by atoms with van der Waals surface area (Å²) in [7, 11) is 0. The van der Waals surface area contributed by atoms with Crippen LogP contribution in [0.5, 0.6) is 5.75 Å². The Hall–Kier alpha value is -3.34. The number of halogens is 4. The number of alkyl halides is 3. The van der Waals surface area contributed by atoms with E-state index in [0.29, 0.717) is 49.1 Å². The predicted octanol–water partition coefficient (Wildman–Crippen LogP) is 5.06. The minimum atomic E-state index is -4.85. The second-order valence-corrected chi connectivity index (χ2v) is 9.95. The van der Waals surface area contributed by atoms with Crippen LogP contribution in [-0.4, -0.2) is 52.8 Å². The van der Waals surface area contributed by atoms with E-state index in [-0.39, 0.29) is 28.9 Å². The third-order valence-corrected chi connectivity index (χ3v) is 7.41. The van der Waals surface area contributed by atoms with Gasteiger partial charge in [0.15, 0.2) is 0 Å². The molecule has 0 bridgehead atoms. The lowest BCUT2D eigenvalue weighted by atomic mass is 9.87. The zero-order chi connectivity index (χ0) is 26.3. The molecular weight excluding hydrogens is 490 g/mol. The highest BCUT2D eigenvalue weighted by atomic mass is 19.4. The van der Waals surface area contributed by atoms with Crippen LogP contribution < -0.4 is 15.8 Å². The van der Waals surface area contributed by atoms with Crippen LogP contribution in [-0.2, 0) is 0 Å². The monoisotopic (exact) mass is 519 g/mol. The van der Waals surface area contributed by atoms with Gasteiger partial charge in [0, 0.05) is 53.4 Å². The third kappa shape index (κ3) is 5.36. The minimum absolute atomic E-state index is 0.0925. The quantitative estimate of drug-likeness (QED) is 0.331. The smallest absolute Gasteiger partial charge is 0.406 e. The van der Waals surface area contributed by atoms with Crippen LogP contribution >= 0.6 is 0 Å². The number of H-pyrrole nitrogens is 1. The number of ether oxygens (including phenoxy) is 1. The number of nitrogens with zero attached hydrogens (tertiary/aromatic N) is 2. The summed E-state index contributed by atoms with van der Waals surface area (Å²) in [5.41, 5.74) is 8.24. The van der Waals surface area contributed by atoms with E-state index in [4.69, 9.17) is 5.73 Å². The van der Waals surface area contributed by atoms with Crippen molar-refractivity contribution in [2.45, 2.75) is 56.8 Å². The SMILES string of the molecule is CC1CC(c2cc3c(C4CCN(C(=O)c5ccc(OC(F)(F)F)cc5N)CC4)c(F)cnc3[nH]2)CCN1. The Morgan fingerprint density at radius 2 is 1.92 bits per heavy atom. The zero-order valence-electron chi connectivity index (χ0n) is 20.4. The van der Waals surface area contributed by atoms with Crippen LogP contribution in [0.2, 0.25) is 0 Å². The number of piperidine rings is 2. The van der Waals surface area contributed by atoms with Crippen molar-refractivity contribution in [2.24, 2.45) is 0 Å². The normalized spacial score (nSPS) is 21.4. The first-order valence-electron chi connectivity index (χ1n) is 12.4. The van der Waals surface area contributed by atoms with Gasteiger partial charge in [0.2, 0.25) is 0 Å². The Kier molecular flexibility index (Phi) is 6.74. The highest BCUT2D eigenvalue weighted by Gasteiger charge is 2.32. The Morgan fingerprint density at radius 1 is 1.16 bits per heavy atom. The van der Waals surface area contributed by atoms with Crippen LogP contribution in [0.3, 0.4) is 0 Å². The van der Waals surface area contributed by atoms with E-state index < -0.39 is 12.1 Å². The maximum absolute atomic E-state index is 15.1. The van der Waals surface area contributed by atoms with Crippen LogP contribution in [0.1, 0.15) is 66.1 Å². The predicted molar refractivity (Wildman–Crippen MR) is 131 cm³/mol. The van der Waals surface area contributed by atoms with Gasteiger partial charge >= 0.3 is 6.36 Å². The van der Waals surface area contributed by atoms with Gasteiger partial charge in [-0.1, -0.05) is 0 Å². The molecule has 198 valence electrons. The average Bonchev–Trinajstić information content (AvgIpc) is 3.27. The van der Waals surface area contributed by atoms with Crippen molar-refractivity contribution < 1.29 is 27.1 Å². The molecule has 2 saturated heterocycles. The highest BCUT2D eigenvalue weighted by molar-refractivity contribution is 5.99. The number of carbonyl (C=O) groups is 1. The maximum Gasteiger partial charge on any atom is 0.573 e. The molecule has 5 rings (SSSR count). The molecule has 0 aliphatic carbocycles. The number of amides is 1. The molecule has 1 amide bonds. The molecule has 0 saturated carbocycles. The van der Waals surface area contributed by atoms with E-state index in [1.54, 1.807) is 4.90 Å². The summed E-state index contributed by atoms with van der Waals surface area (Å²) in [6.45, 7) is 3.84. The molecular formula is C26H29F4N5O2. The molecule has 2 atom stereocenters. The largest absolute Gasteiger partial charge is 0.573 e. The summed E-state index contributed by atoms with van der Waals surface area (Å²) >= 11 is 0. The number of rotatable bonds is 4. The fourth-order valence-corrected chi connectivity index (χ4v) is 5.61. The first-order chi connectivity index (χ1) is 17.6. The molecule has 2 aromatic heterocycles. The van der Waals surface area contributed by atoms with Crippen molar-refractivity contribution in [3.63, 3.8) is 0 Å². The number of nitrogens with two attached hydrogens (primary N) is 1. The van der Waals surface area contributed by atoms with Gasteiger partial charge in [0.25, 0.3) is 5.91 Å². The van der Waals surface area contributed by atoms with Crippen molar-refractivity contribution in [2.75, 3.05) is 25.4 Å². The minimum Gasteiger partial charge on any atom is -0.406 e. The lowest BCUT2D eigenvalue weighted by Gasteiger charge is -2.33. The first-order valence-corrected chi connectivity index (χ1v) is 12.4. The van der Waals surface area contributed by atoms with Gasteiger partial charge in [-0.2, -0.15) is 0 Å². The van der Waals surface area contributed by atoms with E-state index in [2.05, 4.69) is 26.9 Å². The van der Waals surface area contributed by atoms with E-state index in [9.17, 15) is 18.0 Å². The zero-order valence-corrected chi connectivity index (χ0v) is 20.4. The molecule has 4 N–H and O–H groups in total. The summed E-state index contributed by atoms with van der Waals surface area (Å²) in [4.78, 5) is 22.3. The molecule has 4 heterocycles. The lowest BCUT2D eigenvalue weighted by molar-refractivity contribution is -0.274. The number of carbonyl (C=O) groups excluding carboxylic acids is 1. The number of benzene rings is 1. The third-order valence-electron chi connectivity index (χ3n) is 7.41. The van der Waals surface area contributed by atoms with Crippen molar-refractivity contribution in [1.82, 2.24) is 20.2 Å². The lowest BCUT2D eigenvalue weighted by Crippen LogP contribution is -2.38. The summed E-state index contributed by atoms with van der Waals surface area (Å²) in [5.74, 6) is -0.948. The number of fused-ring (bicyclic) bond motifs is 1. The number of likely N-dealkylation sites (tertiary alicyclic amines) is 1. The van der Waals surface area contributed by atoms with E-state index >= 15 is 4.39 Å². The first kappa shape index (κ1) is 25.3. The maximum atomic E-state index is 15.1. The number of pyridine rings is 1. The number of aromatic amines is 1. The van der Waals surface area contributed by atoms with Crippen molar-refractivity contribution >= 4 is 22.6 Å². The molecule has 0 spiro atoms. The van der Waals surface area contributed by atoms with Gasteiger partial charge in [-0.25, -0.2) is 9.37 Å². The molecule has 3 aromatic rings. The van der Waals surface area contributed by atoms with Crippen molar-refractivity contribution in [1.29, 1.82) is 0 Å². The number of anilines is 1. The molecule has 37 heavy (non-hydrogen) atoms. The van der Waals surface area contributed by atoms with Crippen LogP contribution in [0.25, 0.3) is 11.0 Å². The molecule has 2 unspecified atom stereocenters. The molecule has 2 aliphatic heterocycles. The van der Waals surface area contributed by atoms with Gasteiger partial charge in [-0.3, -0.25) is 4.79 Å². The number of hydrogen-bond acceptors (Lipinski definition) is 5. The Bertz CT molecular complexity index is 1300. The van der Waals surface area contributed by atoms with Crippen LogP contribution in [0.15, 0.2) is 30.5 Å². The topological polar surface area (TPSA) is 96.3 Å². The molecule has 0 radical (unpaired) electrons. The molecule has 1 aromatic carbocycles. The van der Waals surface area contributed by atoms with Gasteiger partial charge < -0.3 is 25.7 Å². The number of nitrogens with one attached hydrogen (secondary N) is 2. The molecule has 2 aliphatic rings. The average molecular weight is 520 g/mol. The van der Waals surface area contributed by atoms with Crippen molar-refractivity contribution in [3.8, 4) is 5.75 Å². The summed E-state index contributed by atoms with van der Waals surface area (Å²) < 4.78 is 56.3. The standard InChI is InChI=1S/C26H29F4N5O2/c1-14-10-16(4-7-32-14)22-12-19-23(20(27)13-33-24(19)34-22)15-5-8-35(9-6-15)25(36)18-3-2-17(11-21(18)31)37-26(28,29)30/h2-3,11-16,32H,4-10,31H2,1H3,(H,33,34). The number of nitrogen functional groups attached to an aromatic ring is 1. The molecule has 11 heteroatoms. The Labute approximate surface area is 211 Å². The summed E-state index contributed by atoms with van der Waals surface area (Å²) in [6.07, 6.45) is -0.505. The van der Waals surface area contributed by atoms with Gasteiger partial charge in [0.05, 0.1) is 11.8 Å². The van der Waals surface area contributed by atoms with E-state index in [1.165, 1.54) is 12.3 Å².